The van der Waals surface area contributed by atoms with Crippen molar-refractivity contribution >= 4 is 5.69 Å². The molecule has 4 heteroatoms. The van der Waals surface area contributed by atoms with Gasteiger partial charge in [-0.25, -0.2) is 0 Å². The van der Waals surface area contributed by atoms with Crippen molar-refractivity contribution in [3.8, 4) is 5.75 Å². The van der Waals surface area contributed by atoms with E-state index in [1.165, 1.54) is 12.8 Å². The van der Waals surface area contributed by atoms with Crippen molar-refractivity contribution in [1.82, 2.24) is 10.3 Å². The van der Waals surface area contributed by atoms with Gasteiger partial charge in [-0.1, -0.05) is 25.5 Å². The van der Waals surface area contributed by atoms with Gasteiger partial charge in [0.15, 0.2) is 0 Å². The van der Waals surface area contributed by atoms with Gasteiger partial charge in [-0.05, 0) is 19.4 Å². The first kappa shape index (κ1) is 14.9. The van der Waals surface area contributed by atoms with E-state index in [9.17, 15) is 0 Å². The summed E-state index contributed by atoms with van der Waals surface area (Å²) in [6, 6.07) is 2.09. The van der Waals surface area contributed by atoms with Crippen molar-refractivity contribution in [3.63, 3.8) is 0 Å². The number of pyridine rings is 1. The van der Waals surface area contributed by atoms with Crippen LogP contribution in [0.3, 0.4) is 0 Å². The fraction of sp³-hybridized carbons (Fsp3) is 0.562. The van der Waals surface area contributed by atoms with Gasteiger partial charge in [0.25, 0.3) is 0 Å². The van der Waals surface area contributed by atoms with E-state index in [4.69, 9.17) is 4.74 Å². The molecule has 110 valence electrons. The molecule has 2 heterocycles. The number of aromatic nitrogens is 1. The smallest absolute Gasteiger partial charge is 0.140 e. The Kier molecular flexibility index (Phi) is 6.38. The average molecular weight is 275 g/mol. The van der Waals surface area contributed by atoms with Crippen LogP contribution < -0.4 is 15.0 Å². The second-order valence-corrected chi connectivity index (χ2v) is 5.04. The number of nitrogens with zero attached hydrogens (tertiary/aromatic N) is 2. The summed E-state index contributed by atoms with van der Waals surface area (Å²) in [6.07, 6.45) is 11.4. The zero-order valence-corrected chi connectivity index (χ0v) is 12.3. The summed E-state index contributed by atoms with van der Waals surface area (Å²) >= 11 is 0. The van der Waals surface area contributed by atoms with Crippen molar-refractivity contribution in [3.05, 3.63) is 30.6 Å². The summed E-state index contributed by atoms with van der Waals surface area (Å²) in [7, 11) is 0. The summed E-state index contributed by atoms with van der Waals surface area (Å²) in [5.41, 5.74) is 1.16. The number of rotatable bonds is 6. The van der Waals surface area contributed by atoms with E-state index in [2.05, 4.69) is 40.3 Å². The highest BCUT2D eigenvalue weighted by molar-refractivity contribution is 5.48. The predicted molar refractivity (Wildman–Crippen MR) is 83.5 cm³/mol. The van der Waals surface area contributed by atoms with Crippen molar-refractivity contribution in [2.45, 2.75) is 26.2 Å². The lowest BCUT2D eigenvalue weighted by Crippen LogP contribution is -2.27. The Morgan fingerprint density at radius 3 is 3.15 bits per heavy atom. The third kappa shape index (κ3) is 4.85. The maximum Gasteiger partial charge on any atom is 0.140 e. The lowest BCUT2D eigenvalue weighted by molar-refractivity contribution is 0.361. The fourth-order valence-corrected chi connectivity index (χ4v) is 2.26. The van der Waals surface area contributed by atoms with Crippen molar-refractivity contribution in [2.75, 3.05) is 37.7 Å². The van der Waals surface area contributed by atoms with E-state index in [-0.39, 0.29) is 0 Å². The van der Waals surface area contributed by atoms with Gasteiger partial charge in [-0.3, -0.25) is 4.98 Å². The molecule has 0 atom stereocenters. The molecule has 2 rings (SSSR count). The van der Waals surface area contributed by atoms with Gasteiger partial charge in [-0.15, -0.1) is 0 Å². The van der Waals surface area contributed by atoms with Gasteiger partial charge in [0, 0.05) is 25.7 Å². The first-order chi connectivity index (χ1) is 9.90. The van der Waals surface area contributed by atoms with Gasteiger partial charge in [0.2, 0.25) is 0 Å². The summed E-state index contributed by atoms with van der Waals surface area (Å²) in [5.74, 6) is 0.848. The number of hydrogen-bond donors (Lipinski definition) is 1. The number of ether oxygens (including phenoxy) is 1. The van der Waals surface area contributed by atoms with E-state index < -0.39 is 0 Å². The largest absolute Gasteiger partial charge is 0.488 e. The van der Waals surface area contributed by atoms with Gasteiger partial charge >= 0.3 is 0 Å². The molecule has 1 fully saturated rings. The zero-order valence-electron chi connectivity index (χ0n) is 12.3. The molecular weight excluding hydrogens is 250 g/mol. The molecule has 0 bridgehead atoms. The molecule has 4 nitrogen and oxygen atoms in total. The number of anilines is 1. The number of hydrogen-bond acceptors (Lipinski definition) is 4. The molecule has 0 saturated carbocycles. The highest BCUT2D eigenvalue weighted by atomic mass is 16.5. The van der Waals surface area contributed by atoms with Crippen LogP contribution in [0.15, 0.2) is 30.6 Å². The van der Waals surface area contributed by atoms with Crippen LogP contribution >= 0.6 is 0 Å². The quantitative estimate of drug-likeness (QED) is 0.810. The molecular formula is C16H25N3O. The van der Waals surface area contributed by atoms with E-state index >= 15 is 0 Å². The molecule has 20 heavy (non-hydrogen) atoms. The highest BCUT2D eigenvalue weighted by Crippen LogP contribution is 2.20. The Balaban J connectivity index is 1.89. The first-order valence-corrected chi connectivity index (χ1v) is 7.58. The molecule has 0 radical (unpaired) electrons. The number of unbranched alkanes of at least 4 members (excludes halogenated alkanes) is 1. The lowest BCUT2D eigenvalue weighted by atomic mass is 10.3. The Morgan fingerprint density at radius 1 is 1.30 bits per heavy atom. The monoisotopic (exact) mass is 275 g/mol. The first-order valence-electron chi connectivity index (χ1n) is 7.58. The van der Waals surface area contributed by atoms with Gasteiger partial charge in [-0.2, -0.15) is 0 Å². The van der Waals surface area contributed by atoms with Crippen molar-refractivity contribution in [2.24, 2.45) is 0 Å². The van der Waals surface area contributed by atoms with E-state index in [1.807, 2.05) is 6.20 Å². The second kappa shape index (κ2) is 8.59. The Labute approximate surface area is 121 Å². The molecule has 1 saturated heterocycles. The standard InChI is InChI=1S/C16H25N3O/c1-2-3-4-5-11-20-16-12-15(13-18-14-16)19-9-6-7-17-8-10-19/h4-5,12-14,17H,2-3,6-11H2,1H3. The van der Waals surface area contributed by atoms with Crippen LogP contribution in [0.2, 0.25) is 0 Å². The van der Waals surface area contributed by atoms with Crippen LogP contribution in [0.4, 0.5) is 5.69 Å². The average Bonchev–Trinajstić information content (AvgIpc) is 2.76. The maximum absolute atomic E-state index is 5.72. The SMILES string of the molecule is CCCC=CCOc1cncc(N2CCCNCC2)c1. The second-order valence-electron chi connectivity index (χ2n) is 5.04. The number of allylic oxidation sites excluding steroid dienone is 1. The third-order valence-corrected chi connectivity index (χ3v) is 3.37. The van der Waals surface area contributed by atoms with Crippen LogP contribution in [0, 0.1) is 0 Å². The van der Waals surface area contributed by atoms with Crippen LogP contribution in [0.1, 0.15) is 26.2 Å². The van der Waals surface area contributed by atoms with Crippen LogP contribution in [-0.2, 0) is 0 Å². The third-order valence-electron chi connectivity index (χ3n) is 3.37. The van der Waals surface area contributed by atoms with E-state index in [1.54, 1.807) is 6.20 Å². The lowest BCUT2D eigenvalue weighted by Gasteiger charge is -2.22. The molecule has 0 spiro atoms. The normalized spacial score (nSPS) is 16.4. The Hall–Kier alpha value is -1.55. The molecule has 1 aliphatic heterocycles. The summed E-state index contributed by atoms with van der Waals surface area (Å²) < 4.78 is 5.72. The van der Waals surface area contributed by atoms with Crippen molar-refractivity contribution < 1.29 is 4.74 Å². The van der Waals surface area contributed by atoms with E-state index in [0.717, 1.165) is 44.0 Å². The minimum atomic E-state index is 0.618. The highest BCUT2D eigenvalue weighted by Gasteiger charge is 2.10. The molecule has 1 aromatic rings. The molecule has 0 unspecified atom stereocenters. The zero-order chi connectivity index (χ0) is 14.0. The molecule has 0 aromatic carbocycles. The van der Waals surface area contributed by atoms with Gasteiger partial charge in [0.05, 0.1) is 18.1 Å². The fourth-order valence-electron chi connectivity index (χ4n) is 2.26. The number of nitrogens with one attached hydrogen (secondary N) is 1. The Bertz CT molecular complexity index is 412. The molecule has 0 aliphatic carbocycles. The van der Waals surface area contributed by atoms with Crippen LogP contribution in [-0.4, -0.2) is 37.8 Å². The van der Waals surface area contributed by atoms with Gasteiger partial charge < -0.3 is 15.0 Å². The summed E-state index contributed by atoms with van der Waals surface area (Å²) in [6.45, 7) is 7.03. The minimum absolute atomic E-state index is 0.618. The molecule has 1 aliphatic rings. The molecule has 0 amide bonds. The topological polar surface area (TPSA) is 37.4 Å². The van der Waals surface area contributed by atoms with E-state index in [0.29, 0.717) is 6.61 Å². The van der Waals surface area contributed by atoms with Crippen LogP contribution in [0.5, 0.6) is 5.75 Å². The van der Waals surface area contributed by atoms with Crippen LogP contribution in [0.25, 0.3) is 0 Å². The molecule has 1 N–H and O–H groups in total. The van der Waals surface area contributed by atoms with Crippen molar-refractivity contribution in [1.29, 1.82) is 0 Å². The summed E-state index contributed by atoms with van der Waals surface area (Å²) in [5, 5.41) is 3.41. The molecule has 1 aromatic heterocycles. The van der Waals surface area contributed by atoms with Gasteiger partial charge in [0.1, 0.15) is 12.4 Å². The predicted octanol–water partition coefficient (Wildman–Crippen LogP) is 2.62. The Morgan fingerprint density at radius 2 is 2.25 bits per heavy atom. The summed E-state index contributed by atoms with van der Waals surface area (Å²) in [4.78, 5) is 6.66. The minimum Gasteiger partial charge on any atom is -0.488 e. The maximum atomic E-state index is 5.72.